The summed E-state index contributed by atoms with van der Waals surface area (Å²) >= 11 is 0. The average Bonchev–Trinajstić information content (AvgIpc) is 3.59. The molecule has 8 rings (SSSR count). The summed E-state index contributed by atoms with van der Waals surface area (Å²) in [6, 6.07) is 31.7. The average molecular weight is 796 g/mol. The van der Waals surface area contributed by atoms with Crippen molar-refractivity contribution in [2.45, 2.75) is 51.6 Å². The molecule has 3 amide bonds. The summed E-state index contributed by atoms with van der Waals surface area (Å²) in [6.07, 6.45) is 3.74. The van der Waals surface area contributed by atoms with Crippen LogP contribution in [-0.4, -0.2) is 115 Å². The molecule has 4 aromatic carbocycles. The summed E-state index contributed by atoms with van der Waals surface area (Å²) in [6.45, 7) is 11.4. The molecule has 59 heavy (non-hydrogen) atoms. The lowest BCUT2D eigenvalue weighted by atomic mass is 9.79. The first-order valence-corrected chi connectivity index (χ1v) is 21.2. The van der Waals surface area contributed by atoms with Crippen molar-refractivity contribution >= 4 is 47.1 Å². The predicted octanol–water partition coefficient (Wildman–Crippen LogP) is 4.41. The largest absolute Gasteiger partial charge is 0.492 e. The molecule has 0 aliphatic carbocycles. The van der Waals surface area contributed by atoms with E-state index in [0.29, 0.717) is 36.5 Å². The summed E-state index contributed by atoms with van der Waals surface area (Å²) in [5, 5.41) is 21.7. The number of hydrogen-bond acceptors (Lipinski definition) is 9. The van der Waals surface area contributed by atoms with Gasteiger partial charge in [0.15, 0.2) is 0 Å². The number of rotatable bonds is 13. The van der Waals surface area contributed by atoms with E-state index in [-0.39, 0.29) is 24.1 Å². The van der Waals surface area contributed by atoms with Gasteiger partial charge in [-0.05, 0) is 101 Å². The lowest BCUT2D eigenvalue weighted by Crippen LogP contribution is -2.52. The maximum atomic E-state index is 13.1. The van der Waals surface area contributed by atoms with Crippen molar-refractivity contribution in [1.82, 2.24) is 20.0 Å². The van der Waals surface area contributed by atoms with E-state index < -0.39 is 13.2 Å². The Morgan fingerprint density at radius 2 is 1.46 bits per heavy atom. The highest BCUT2D eigenvalue weighted by molar-refractivity contribution is 6.58. The molecule has 306 valence electrons. The third kappa shape index (κ3) is 9.31. The van der Waals surface area contributed by atoms with Gasteiger partial charge in [-0.15, -0.1) is 0 Å². The Labute approximate surface area is 347 Å². The number of amides is 3. The Bertz CT molecular complexity index is 2150. The highest BCUT2D eigenvalue weighted by atomic mass is 16.5. The summed E-state index contributed by atoms with van der Waals surface area (Å²) < 4.78 is 6.25. The van der Waals surface area contributed by atoms with Crippen molar-refractivity contribution in [3.8, 4) is 5.75 Å². The molecule has 0 radical (unpaired) electrons. The monoisotopic (exact) mass is 795 g/mol. The van der Waals surface area contributed by atoms with Gasteiger partial charge >= 0.3 is 7.12 Å². The number of nitrogens with zero attached hydrogens (tertiary/aromatic N) is 4. The third-order valence-corrected chi connectivity index (χ3v) is 12.6. The van der Waals surface area contributed by atoms with Crippen LogP contribution in [-0.2, 0) is 16.1 Å². The van der Waals surface area contributed by atoms with E-state index in [1.165, 1.54) is 5.57 Å². The van der Waals surface area contributed by atoms with Gasteiger partial charge in [-0.3, -0.25) is 24.6 Å². The molecule has 11 nitrogen and oxygen atoms in total. The molecule has 3 saturated heterocycles. The van der Waals surface area contributed by atoms with Gasteiger partial charge in [0.05, 0.1) is 0 Å². The van der Waals surface area contributed by atoms with E-state index in [9.17, 15) is 24.4 Å². The maximum Gasteiger partial charge on any atom is 0.488 e. The smallest absolute Gasteiger partial charge is 0.488 e. The van der Waals surface area contributed by atoms with Crippen LogP contribution < -0.4 is 20.4 Å². The van der Waals surface area contributed by atoms with Crippen LogP contribution in [0.25, 0.3) is 11.1 Å². The number of nitrogens with one attached hydrogen (secondary N) is 1. The van der Waals surface area contributed by atoms with Crippen molar-refractivity contribution in [3.63, 3.8) is 0 Å². The molecular weight excluding hydrogens is 741 g/mol. The van der Waals surface area contributed by atoms with E-state index in [1.54, 1.807) is 17.0 Å². The first-order valence-electron chi connectivity index (χ1n) is 21.2. The van der Waals surface area contributed by atoms with Crippen LogP contribution in [0.3, 0.4) is 0 Å². The molecule has 0 spiro atoms. The number of carbonyl (C=O) groups is 3. The second-order valence-electron chi connectivity index (χ2n) is 16.3. The highest BCUT2D eigenvalue weighted by Crippen LogP contribution is 2.35. The Morgan fingerprint density at radius 1 is 0.780 bits per heavy atom. The minimum absolute atomic E-state index is 0.127. The summed E-state index contributed by atoms with van der Waals surface area (Å²) in [7, 11) is -1.50. The molecule has 4 aliphatic rings. The van der Waals surface area contributed by atoms with Crippen LogP contribution in [0.1, 0.15) is 71.6 Å². The van der Waals surface area contributed by atoms with Crippen LogP contribution in [0.2, 0.25) is 0 Å². The summed E-state index contributed by atoms with van der Waals surface area (Å²) in [5.41, 5.74) is 8.82. The lowest BCUT2D eigenvalue weighted by Gasteiger charge is -2.39. The van der Waals surface area contributed by atoms with Crippen molar-refractivity contribution in [2.24, 2.45) is 5.92 Å². The molecule has 0 aromatic heterocycles. The number of piperazine rings is 1. The van der Waals surface area contributed by atoms with E-state index in [0.717, 1.165) is 111 Å². The second kappa shape index (κ2) is 18.3. The molecule has 0 saturated carbocycles. The fraction of sp³-hybridized carbons (Fsp3) is 0.383. The molecule has 3 fully saturated rings. The Balaban J connectivity index is 0.785. The van der Waals surface area contributed by atoms with Gasteiger partial charge < -0.3 is 29.5 Å². The van der Waals surface area contributed by atoms with E-state index in [4.69, 9.17) is 4.74 Å². The fourth-order valence-electron chi connectivity index (χ4n) is 9.20. The van der Waals surface area contributed by atoms with Crippen molar-refractivity contribution in [3.05, 3.63) is 125 Å². The number of hydrogen-bond donors (Lipinski definition) is 3. The minimum atomic E-state index is -1.50. The minimum Gasteiger partial charge on any atom is -0.492 e. The van der Waals surface area contributed by atoms with E-state index >= 15 is 0 Å². The molecule has 12 heteroatoms. The van der Waals surface area contributed by atoms with Gasteiger partial charge in [0.2, 0.25) is 11.8 Å². The molecule has 4 heterocycles. The number of anilines is 1. The number of carbonyl (C=O) groups excluding carboxylic acids is 3. The Morgan fingerprint density at radius 3 is 2.12 bits per heavy atom. The summed E-state index contributed by atoms with van der Waals surface area (Å²) in [4.78, 5) is 46.4. The van der Waals surface area contributed by atoms with Crippen molar-refractivity contribution in [1.29, 1.82) is 0 Å². The lowest BCUT2D eigenvalue weighted by molar-refractivity contribution is -0.136. The number of imide groups is 1. The number of piperidine rings is 2. The van der Waals surface area contributed by atoms with Crippen LogP contribution >= 0.6 is 0 Å². The zero-order valence-corrected chi connectivity index (χ0v) is 33.9. The van der Waals surface area contributed by atoms with Crippen LogP contribution in [0.5, 0.6) is 5.75 Å². The SMILES string of the molecule is CC/C(=C(\c1ccc(OCCN2CCN(CC3CCN(c4ccc5c(c4)CN(C4CCC(=O)NC4=O)C5=O)CC3)CC2)cc1)c1ccc(B(O)O)cc1)c1ccccc1. The zero-order chi connectivity index (χ0) is 40.9. The maximum absolute atomic E-state index is 13.1. The van der Waals surface area contributed by atoms with Gasteiger partial charge in [0, 0.05) is 76.6 Å². The molecule has 0 bridgehead atoms. The molecule has 4 aliphatic heterocycles. The van der Waals surface area contributed by atoms with Crippen LogP contribution in [0.4, 0.5) is 5.69 Å². The second-order valence-corrected chi connectivity index (χ2v) is 16.3. The van der Waals surface area contributed by atoms with Crippen molar-refractivity contribution in [2.75, 3.05) is 63.9 Å². The van der Waals surface area contributed by atoms with Crippen LogP contribution in [0.15, 0.2) is 97.1 Å². The Kier molecular flexibility index (Phi) is 12.6. The van der Waals surface area contributed by atoms with Gasteiger partial charge in [-0.1, -0.05) is 73.7 Å². The third-order valence-electron chi connectivity index (χ3n) is 12.6. The Hall–Kier alpha value is -5.27. The van der Waals surface area contributed by atoms with E-state index in [1.807, 2.05) is 42.5 Å². The fourth-order valence-corrected chi connectivity index (χ4v) is 9.20. The van der Waals surface area contributed by atoms with Gasteiger partial charge in [0.25, 0.3) is 5.91 Å². The normalized spacial score (nSPS) is 19.7. The first-order chi connectivity index (χ1) is 28.7. The van der Waals surface area contributed by atoms with Crippen LogP contribution in [0, 0.1) is 5.92 Å². The van der Waals surface area contributed by atoms with Gasteiger partial charge in [-0.2, -0.15) is 0 Å². The molecule has 4 aromatic rings. The summed E-state index contributed by atoms with van der Waals surface area (Å²) in [5.74, 6) is 0.729. The number of benzene rings is 4. The van der Waals surface area contributed by atoms with Gasteiger partial charge in [0.1, 0.15) is 18.4 Å². The highest BCUT2D eigenvalue weighted by Gasteiger charge is 2.39. The van der Waals surface area contributed by atoms with Crippen molar-refractivity contribution < 1.29 is 29.2 Å². The quantitative estimate of drug-likeness (QED) is 0.103. The molecular formula is C47H54BN5O6. The standard InChI is InChI=1S/C47H54BN5O6/c1-2-41(34-6-4-3-5-7-34)45(35-8-12-38(13-9-35)48(57)58)36-10-15-40(16-11-36)59-29-28-50-24-26-51(27-25-50)31-33-20-22-52(23-21-33)39-14-17-42-37(30-39)32-53(47(42)56)43-18-19-44(54)49-46(43)55/h3-17,30,33,43,57-58H,2,18-29,31-32H2,1H3,(H,49,54,55)/b45-41+. The van der Waals surface area contributed by atoms with E-state index in [2.05, 4.69) is 69.4 Å². The number of allylic oxidation sites excluding steroid dienone is 1. The topological polar surface area (TPSA) is 126 Å². The number of fused-ring (bicyclic) bond motifs is 1. The van der Waals surface area contributed by atoms with Gasteiger partial charge in [-0.25, -0.2) is 0 Å². The molecule has 1 atom stereocenters. The predicted molar refractivity (Wildman–Crippen MR) is 231 cm³/mol. The number of ether oxygens (including phenoxy) is 1. The molecule has 1 unspecified atom stereocenters. The first kappa shape index (κ1) is 40.5. The molecule has 3 N–H and O–H groups in total. The zero-order valence-electron chi connectivity index (χ0n) is 33.9.